The molecule has 1 aliphatic carbocycles. The number of aryl methyl sites for hydroxylation is 2. The third-order valence-electron chi connectivity index (χ3n) is 5.22. The van der Waals surface area contributed by atoms with Crippen molar-refractivity contribution in [3.63, 3.8) is 0 Å². The number of hydrogen-bond acceptors (Lipinski definition) is 7. The van der Waals surface area contributed by atoms with Gasteiger partial charge in [-0.25, -0.2) is 4.79 Å². The van der Waals surface area contributed by atoms with Crippen molar-refractivity contribution in [2.45, 2.75) is 51.7 Å². The molecule has 0 aliphatic heterocycles. The topological polar surface area (TPSA) is 109 Å². The Bertz CT molecular complexity index is 999. The SMILES string of the molecule is CSCC[C@H](NC(=O)[C@@H](C)Oc1ccc2c3c(c(=O)oc2c1C)CCC3)C(=O)[O-]. The van der Waals surface area contributed by atoms with Crippen molar-refractivity contribution in [2.75, 3.05) is 12.0 Å². The van der Waals surface area contributed by atoms with E-state index in [9.17, 15) is 19.5 Å². The maximum Gasteiger partial charge on any atom is 0.339 e. The summed E-state index contributed by atoms with van der Waals surface area (Å²) in [6.07, 6.45) is 3.71. The first kappa shape index (κ1) is 21.2. The molecule has 0 saturated heterocycles. The lowest BCUT2D eigenvalue weighted by atomic mass is 10.0. The van der Waals surface area contributed by atoms with Gasteiger partial charge in [0.05, 0.1) is 12.0 Å². The summed E-state index contributed by atoms with van der Waals surface area (Å²) in [6, 6.07) is 2.53. The van der Waals surface area contributed by atoms with Crippen LogP contribution in [0, 0.1) is 6.92 Å². The lowest BCUT2D eigenvalue weighted by Crippen LogP contribution is -2.51. The summed E-state index contributed by atoms with van der Waals surface area (Å²) in [5.41, 5.74) is 2.56. The fourth-order valence-corrected chi connectivity index (χ4v) is 4.08. The van der Waals surface area contributed by atoms with Crippen LogP contribution >= 0.6 is 11.8 Å². The molecule has 0 unspecified atom stereocenters. The molecule has 1 aromatic heterocycles. The van der Waals surface area contributed by atoms with Gasteiger partial charge in [0.25, 0.3) is 5.91 Å². The highest BCUT2D eigenvalue weighted by Gasteiger charge is 2.24. The summed E-state index contributed by atoms with van der Waals surface area (Å²) in [6.45, 7) is 3.31. The number of carbonyl (C=O) groups excluding carboxylic acids is 2. The third-order valence-corrected chi connectivity index (χ3v) is 5.87. The van der Waals surface area contributed by atoms with E-state index >= 15 is 0 Å². The Morgan fingerprint density at radius 3 is 2.72 bits per heavy atom. The second kappa shape index (κ2) is 8.90. The van der Waals surface area contributed by atoms with Crippen LogP contribution in [0.1, 0.15) is 36.5 Å². The Balaban J connectivity index is 1.80. The number of nitrogens with one attached hydrogen (secondary N) is 1. The number of rotatable bonds is 8. The predicted octanol–water partition coefficient (Wildman–Crippen LogP) is 1.35. The van der Waals surface area contributed by atoms with Gasteiger partial charge in [-0.1, -0.05) is 0 Å². The summed E-state index contributed by atoms with van der Waals surface area (Å²) in [4.78, 5) is 35.9. The Hall–Kier alpha value is -2.48. The highest BCUT2D eigenvalue weighted by atomic mass is 32.2. The van der Waals surface area contributed by atoms with Gasteiger partial charge in [0.1, 0.15) is 11.3 Å². The number of fused-ring (bicyclic) bond motifs is 3. The van der Waals surface area contributed by atoms with Gasteiger partial charge >= 0.3 is 5.63 Å². The summed E-state index contributed by atoms with van der Waals surface area (Å²) in [7, 11) is 0. The molecule has 8 heteroatoms. The van der Waals surface area contributed by atoms with Crippen LogP contribution in [-0.4, -0.2) is 36.0 Å². The molecule has 0 saturated carbocycles. The van der Waals surface area contributed by atoms with Crippen LogP contribution in [0.15, 0.2) is 21.3 Å². The zero-order chi connectivity index (χ0) is 21.1. The summed E-state index contributed by atoms with van der Waals surface area (Å²) in [5.74, 6) is -0.871. The largest absolute Gasteiger partial charge is 0.548 e. The number of amides is 1. The lowest BCUT2D eigenvalue weighted by molar-refractivity contribution is -0.308. The van der Waals surface area contributed by atoms with E-state index < -0.39 is 24.0 Å². The normalized spacial score (nSPS) is 15.0. The molecule has 3 rings (SSSR count). The quantitative estimate of drug-likeness (QED) is 0.645. The van der Waals surface area contributed by atoms with Gasteiger partial charge in [0.2, 0.25) is 0 Å². The van der Waals surface area contributed by atoms with E-state index in [1.54, 1.807) is 19.9 Å². The van der Waals surface area contributed by atoms with Crippen LogP contribution < -0.4 is 20.8 Å². The van der Waals surface area contributed by atoms with Gasteiger partial charge in [-0.15, -0.1) is 0 Å². The Labute approximate surface area is 172 Å². The van der Waals surface area contributed by atoms with Crippen LogP contribution in [-0.2, 0) is 22.4 Å². The fourth-order valence-electron chi connectivity index (χ4n) is 3.61. The van der Waals surface area contributed by atoms with E-state index in [1.165, 1.54) is 11.8 Å². The van der Waals surface area contributed by atoms with E-state index in [0.29, 0.717) is 22.6 Å². The van der Waals surface area contributed by atoms with Crippen molar-refractivity contribution >= 4 is 34.6 Å². The van der Waals surface area contributed by atoms with Crippen molar-refractivity contribution in [1.82, 2.24) is 5.32 Å². The number of carboxylic acid groups (broad SMARTS) is 1. The van der Waals surface area contributed by atoms with Crippen molar-refractivity contribution in [3.8, 4) is 5.75 Å². The maximum atomic E-state index is 12.4. The molecule has 156 valence electrons. The Morgan fingerprint density at radius 1 is 1.31 bits per heavy atom. The molecule has 0 spiro atoms. The maximum absolute atomic E-state index is 12.4. The molecule has 29 heavy (non-hydrogen) atoms. The van der Waals surface area contributed by atoms with Gasteiger partial charge < -0.3 is 24.4 Å². The Morgan fingerprint density at radius 2 is 2.03 bits per heavy atom. The molecular formula is C21H24NO6S-. The van der Waals surface area contributed by atoms with Gasteiger partial charge in [-0.05, 0) is 69.2 Å². The van der Waals surface area contributed by atoms with Crippen molar-refractivity contribution in [3.05, 3.63) is 39.2 Å². The molecule has 0 bridgehead atoms. The van der Waals surface area contributed by atoms with E-state index in [0.717, 1.165) is 35.8 Å². The molecule has 0 radical (unpaired) electrons. The highest BCUT2D eigenvalue weighted by molar-refractivity contribution is 7.98. The number of ether oxygens (including phenoxy) is 1. The minimum Gasteiger partial charge on any atom is -0.548 e. The zero-order valence-corrected chi connectivity index (χ0v) is 17.5. The van der Waals surface area contributed by atoms with Gasteiger partial charge in [-0.2, -0.15) is 11.8 Å². The standard InChI is InChI=1S/C21H25NO6S/c1-11-17(27-12(2)19(23)22-16(20(24)25)9-10-29-3)8-7-14-13-5-4-6-15(13)21(26)28-18(11)14/h7-8,12,16H,4-6,9-10H2,1-3H3,(H,22,23)(H,24,25)/p-1/t12-,16+/m1/s1. The average Bonchev–Trinajstić information content (AvgIpc) is 3.18. The van der Waals surface area contributed by atoms with Crippen LogP contribution in [0.3, 0.4) is 0 Å². The molecule has 2 aromatic rings. The van der Waals surface area contributed by atoms with Crippen LogP contribution in [0.5, 0.6) is 5.75 Å². The summed E-state index contributed by atoms with van der Waals surface area (Å²) in [5, 5.41) is 14.6. The molecule has 2 atom stereocenters. The van der Waals surface area contributed by atoms with Gasteiger partial charge in [0.15, 0.2) is 6.10 Å². The zero-order valence-electron chi connectivity index (χ0n) is 16.7. The first-order valence-corrected chi connectivity index (χ1v) is 11.0. The molecule has 7 nitrogen and oxygen atoms in total. The third kappa shape index (κ3) is 4.42. The lowest BCUT2D eigenvalue weighted by Gasteiger charge is -2.22. The number of thioether (sulfide) groups is 1. The number of hydrogen-bond donors (Lipinski definition) is 1. The molecule has 1 aromatic carbocycles. The number of carboxylic acids is 1. The van der Waals surface area contributed by atoms with E-state index in [4.69, 9.17) is 9.15 Å². The van der Waals surface area contributed by atoms with Crippen LogP contribution in [0.25, 0.3) is 11.0 Å². The summed E-state index contributed by atoms with van der Waals surface area (Å²) >= 11 is 1.49. The first-order chi connectivity index (χ1) is 13.8. The minimum atomic E-state index is -1.32. The molecule has 1 heterocycles. The van der Waals surface area contributed by atoms with Crippen LogP contribution in [0.2, 0.25) is 0 Å². The first-order valence-electron chi connectivity index (χ1n) is 9.58. The number of benzene rings is 1. The number of carbonyl (C=O) groups is 2. The van der Waals surface area contributed by atoms with Crippen molar-refractivity contribution in [2.24, 2.45) is 0 Å². The summed E-state index contributed by atoms with van der Waals surface area (Å²) < 4.78 is 11.3. The highest BCUT2D eigenvalue weighted by Crippen LogP contribution is 2.33. The molecule has 1 aliphatic rings. The molecule has 0 fully saturated rings. The van der Waals surface area contributed by atoms with Gasteiger partial charge in [-0.3, -0.25) is 4.79 Å². The van der Waals surface area contributed by atoms with E-state index in [2.05, 4.69) is 5.32 Å². The molecule has 1 N–H and O–H groups in total. The predicted molar refractivity (Wildman–Crippen MR) is 109 cm³/mol. The fraction of sp³-hybridized carbons (Fsp3) is 0.476. The number of aliphatic carboxylic acids is 1. The Kier molecular flexibility index (Phi) is 6.52. The van der Waals surface area contributed by atoms with E-state index in [-0.39, 0.29) is 12.0 Å². The molecular weight excluding hydrogens is 394 g/mol. The van der Waals surface area contributed by atoms with Crippen LogP contribution in [0.4, 0.5) is 0 Å². The monoisotopic (exact) mass is 418 g/mol. The minimum absolute atomic E-state index is 0.271. The second-order valence-corrected chi connectivity index (χ2v) is 8.17. The molecule has 1 amide bonds. The average molecular weight is 418 g/mol. The smallest absolute Gasteiger partial charge is 0.339 e. The van der Waals surface area contributed by atoms with Gasteiger partial charge in [0, 0.05) is 16.5 Å². The van der Waals surface area contributed by atoms with E-state index in [1.807, 2.05) is 12.3 Å². The second-order valence-electron chi connectivity index (χ2n) is 7.19. The van der Waals surface area contributed by atoms with Crippen molar-refractivity contribution < 1.29 is 23.8 Å². The van der Waals surface area contributed by atoms with Crippen molar-refractivity contribution in [1.29, 1.82) is 0 Å².